The summed E-state index contributed by atoms with van der Waals surface area (Å²) in [6, 6.07) is 13.9. The fourth-order valence-corrected chi connectivity index (χ4v) is 3.15. The standard InChI is InChI=1S/C17H23NS/c1-4-12-18-13(3)16-10-11-17(19-16)15-8-6-14(5-2)7-9-15/h6-11,13,18H,4-5,12H2,1-3H3. The van der Waals surface area contributed by atoms with Crippen LogP contribution in [0.2, 0.25) is 0 Å². The third-order valence-corrected chi connectivity index (χ3v) is 4.72. The highest BCUT2D eigenvalue weighted by Crippen LogP contribution is 2.31. The van der Waals surface area contributed by atoms with Crippen LogP contribution in [-0.2, 0) is 6.42 Å². The van der Waals surface area contributed by atoms with Crippen LogP contribution in [0, 0.1) is 0 Å². The number of nitrogens with one attached hydrogen (secondary N) is 1. The van der Waals surface area contributed by atoms with E-state index in [2.05, 4.69) is 62.5 Å². The minimum atomic E-state index is 0.452. The van der Waals surface area contributed by atoms with E-state index in [0.717, 1.165) is 13.0 Å². The first kappa shape index (κ1) is 14.3. The summed E-state index contributed by atoms with van der Waals surface area (Å²) in [5.74, 6) is 0. The molecule has 1 nitrogen and oxygen atoms in total. The van der Waals surface area contributed by atoms with Crippen molar-refractivity contribution in [2.24, 2.45) is 0 Å². The van der Waals surface area contributed by atoms with Gasteiger partial charge in [-0.05, 0) is 49.6 Å². The minimum absolute atomic E-state index is 0.452. The van der Waals surface area contributed by atoms with Crippen molar-refractivity contribution in [3.8, 4) is 10.4 Å². The zero-order valence-corrected chi connectivity index (χ0v) is 12.9. The summed E-state index contributed by atoms with van der Waals surface area (Å²) in [7, 11) is 0. The van der Waals surface area contributed by atoms with E-state index in [4.69, 9.17) is 0 Å². The summed E-state index contributed by atoms with van der Waals surface area (Å²) in [4.78, 5) is 2.78. The van der Waals surface area contributed by atoms with E-state index < -0.39 is 0 Å². The van der Waals surface area contributed by atoms with E-state index in [9.17, 15) is 0 Å². The first-order valence-electron chi connectivity index (χ1n) is 7.17. The smallest absolute Gasteiger partial charge is 0.0386 e. The van der Waals surface area contributed by atoms with Gasteiger partial charge in [-0.25, -0.2) is 0 Å². The van der Waals surface area contributed by atoms with Gasteiger partial charge in [0, 0.05) is 15.8 Å². The van der Waals surface area contributed by atoms with Crippen molar-refractivity contribution in [2.75, 3.05) is 6.54 Å². The van der Waals surface area contributed by atoms with E-state index in [1.165, 1.54) is 27.3 Å². The summed E-state index contributed by atoms with van der Waals surface area (Å²) < 4.78 is 0. The Bertz CT molecular complexity index is 498. The molecular weight excluding hydrogens is 250 g/mol. The molecule has 0 aliphatic rings. The predicted octanol–water partition coefficient (Wildman–Crippen LogP) is 5.04. The fourth-order valence-electron chi connectivity index (χ4n) is 2.11. The van der Waals surface area contributed by atoms with E-state index in [1.54, 1.807) is 0 Å². The predicted molar refractivity (Wildman–Crippen MR) is 85.8 cm³/mol. The molecule has 1 aromatic heterocycles. The Morgan fingerprint density at radius 3 is 2.42 bits per heavy atom. The molecule has 0 amide bonds. The molecule has 102 valence electrons. The van der Waals surface area contributed by atoms with Crippen molar-refractivity contribution < 1.29 is 0 Å². The lowest BCUT2D eigenvalue weighted by molar-refractivity contribution is 0.578. The van der Waals surface area contributed by atoms with Crippen LogP contribution in [-0.4, -0.2) is 6.54 Å². The maximum Gasteiger partial charge on any atom is 0.0386 e. The largest absolute Gasteiger partial charge is 0.309 e. The van der Waals surface area contributed by atoms with Crippen LogP contribution >= 0.6 is 11.3 Å². The van der Waals surface area contributed by atoms with E-state index in [-0.39, 0.29) is 0 Å². The molecule has 1 aromatic carbocycles. The van der Waals surface area contributed by atoms with Gasteiger partial charge in [0.05, 0.1) is 0 Å². The van der Waals surface area contributed by atoms with Gasteiger partial charge in [0.1, 0.15) is 0 Å². The molecule has 0 fully saturated rings. The van der Waals surface area contributed by atoms with E-state index in [0.29, 0.717) is 6.04 Å². The minimum Gasteiger partial charge on any atom is -0.309 e. The summed E-state index contributed by atoms with van der Waals surface area (Å²) in [6.45, 7) is 7.72. The fraction of sp³-hybridized carbons (Fsp3) is 0.412. The number of rotatable bonds is 6. The van der Waals surface area contributed by atoms with Crippen LogP contribution in [0.4, 0.5) is 0 Å². The van der Waals surface area contributed by atoms with Gasteiger partial charge < -0.3 is 5.32 Å². The van der Waals surface area contributed by atoms with Crippen LogP contribution < -0.4 is 5.32 Å². The Hall–Kier alpha value is -1.12. The first-order valence-corrected chi connectivity index (χ1v) is 7.98. The van der Waals surface area contributed by atoms with Crippen molar-refractivity contribution in [3.63, 3.8) is 0 Å². The number of hydrogen-bond acceptors (Lipinski definition) is 2. The van der Waals surface area contributed by atoms with Crippen LogP contribution in [0.5, 0.6) is 0 Å². The molecular formula is C17H23NS. The van der Waals surface area contributed by atoms with E-state index >= 15 is 0 Å². The normalized spacial score (nSPS) is 12.6. The Labute approximate surface area is 120 Å². The Kier molecular flexibility index (Phi) is 5.17. The summed E-state index contributed by atoms with van der Waals surface area (Å²) in [5, 5.41) is 3.54. The van der Waals surface area contributed by atoms with E-state index in [1.807, 2.05) is 11.3 Å². The molecule has 0 saturated heterocycles. The Morgan fingerprint density at radius 2 is 1.79 bits per heavy atom. The molecule has 1 atom stereocenters. The molecule has 0 bridgehead atoms. The zero-order valence-electron chi connectivity index (χ0n) is 12.1. The second kappa shape index (κ2) is 6.88. The zero-order chi connectivity index (χ0) is 13.7. The number of aryl methyl sites for hydroxylation is 1. The van der Waals surface area contributed by atoms with Gasteiger partial charge in [0.2, 0.25) is 0 Å². The molecule has 2 aromatic rings. The molecule has 0 aliphatic carbocycles. The van der Waals surface area contributed by atoms with Crippen LogP contribution in [0.25, 0.3) is 10.4 Å². The highest BCUT2D eigenvalue weighted by molar-refractivity contribution is 7.15. The summed E-state index contributed by atoms with van der Waals surface area (Å²) in [5.41, 5.74) is 2.73. The highest BCUT2D eigenvalue weighted by atomic mass is 32.1. The van der Waals surface area contributed by atoms with Gasteiger partial charge in [-0.3, -0.25) is 0 Å². The van der Waals surface area contributed by atoms with Gasteiger partial charge >= 0.3 is 0 Å². The average Bonchev–Trinajstić information content (AvgIpc) is 2.94. The van der Waals surface area contributed by atoms with Gasteiger partial charge in [0.15, 0.2) is 0 Å². The van der Waals surface area contributed by atoms with Crippen LogP contribution in [0.1, 0.15) is 43.7 Å². The molecule has 0 spiro atoms. The van der Waals surface area contributed by atoms with Gasteiger partial charge in [-0.1, -0.05) is 38.1 Å². The maximum absolute atomic E-state index is 3.54. The second-order valence-electron chi connectivity index (χ2n) is 4.93. The number of hydrogen-bond donors (Lipinski definition) is 1. The molecule has 2 heteroatoms. The van der Waals surface area contributed by atoms with Crippen molar-refractivity contribution >= 4 is 11.3 Å². The lowest BCUT2D eigenvalue weighted by atomic mass is 10.1. The molecule has 1 N–H and O–H groups in total. The van der Waals surface area contributed by atoms with Gasteiger partial charge in [-0.2, -0.15) is 0 Å². The molecule has 1 heterocycles. The Balaban J connectivity index is 2.11. The average molecular weight is 273 g/mol. The second-order valence-corrected chi connectivity index (χ2v) is 6.04. The molecule has 1 unspecified atom stereocenters. The summed E-state index contributed by atoms with van der Waals surface area (Å²) in [6.07, 6.45) is 2.29. The quantitative estimate of drug-likeness (QED) is 0.777. The summed E-state index contributed by atoms with van der Waals surface area (Å²) >= 11 is 1.90. The van der Waals surface area contributed by atoms with Crippen LogP contribution in [0.15, 0.2) is 36.4 Å². The maximum atomic E-state index is 3.54. The molecule has 0 radical (unpaired) electrons. The number of thiophene rings is 1. The molecule has 2 rings (SSSR count). The first-order chi connectivity index (χ1) is 9.24. The van der Waals surface area contributed by atoms with Crippen molar-refractivity contribution in [2.45, 2.75) is 39.7 Å². The van der Waals surface area contributed by atoms with Crippen molar-refractivity contribution in [1.29, 1.82) is 0 Å². The lowest BCUT2D eigenvalue weighted by Gasteiger charge is -2.10. The monoisotopic (exact) mass is 273 g/mol. The molecule has 0 saturated carbocycles. The van der Waals surface area contributed by atoms with Crippen molar-refractivity contribution in [3.05, 3.63) is 46.8 Å². The third kappa shape index (κ3) is 3.68. The number of benzene rings is 1. The topological polar surface area (TPSA) is 12.0 Å². The SMILES string of the molecule is CCCNC(C)c1ccc(-c2ccc(CC)cc2)s1. The van der Waals surface area contributed by atoms with Gasteiger partial charge in [-0.15, -0.1) is 11.3 Å². The van der Waals surface area contributed by atoms with Crippen molar-refractivity contribution in [1.82, 2.24) is 5.32 Å². The lowest BCUT2D eigenvalue weighted by Crippen LogP contribution is -2.18. The van der Waals surface area contributed by atoms with Gasteiger partial charge in [0.25, 0.3) is 0 Å². The third-order valence-electron chi connectivity index (χ3n) is 3.40. The molecule has 19 heavy (non-hydrogen) atoms. The van der Waals surface area contributed by atoms with Crippen LogP contribution in [0.3, 0.4) is 0 Å². The highest BCUT2D eigenvalue weighted by Gasteiger charge is 2.08. The Morgan fingerprint density at radius 1 is 1.05 bits per heavy atom. The molecule has 0 aliphatic heterocycles.